The Balaban J connectivity index is 1.47. The summed E-state index contributed by atoms with van der Waals surface area (Å²) in [7, 11) is 0. The summed E-state index contributed by atoms with van der Waals surface area (Å²) in [5.41, 5.74) is 10.2. The van der Waals surface area contributed by atoms with Gasteiger partial charge in [-0.15, -0.1) is 0 Å². The molecule has 0 radical (unpaired) electrons. The average molecular weight is 432 g/mol. The van der Waals surface area contributed by atoms with E-state index in [-0.39, 0.29) is 0 Å². The van der Waals surface area contributed by atoms with Crippen molar-refractivity contribution < 1.29 is 4.79 Å². The van der Waals surface area contributed by atoms with Crippen molar-refractivity contribution in [3.63, 3.8) is 0 Å². The van der Waals surface area contributed by atoms with E-state index in [2.05, 4.69) is 42.4 Å². The molecule has 0 saturated carbocycles. The molecule has 164 valence electrons. The van der Waals surface area contributed by atoms with Gasteiger partial charge in [0.1, 0.15) is 6.33 Å². The van der Waals surface area contributed by atoms with Crippen molar-refractivity contribution in [2.24, 2.45) is 5.73 Å². The zero-order chi connectivity index (χ0) is 22.1. The number of benzene rings is 1. The summed E-state index contributed by atoms with van der Waals surface area (Å²) >= 11 is 0. The molecule has 0 bridgehead atoms. The molecule has 0 spiro atoms. The predicted molar refractivity (Wildman–Crippen MR) is 121 cm³/mol. The van der Waals surface area contributed by atoms with E-state index in [1.807, 2.05) is 12.1 Å². The molecule has 1 amide bonds. The van der Waals surface area contributed by atoms with E-state index in [0.717, 1.165) is 48.4 Å². The number of nitrogens with zero attached hydrogens (tertiary/aromatic N) is 6. The van der Waals surface area contributed by atoms with E-state index in [4.69, 9.17) is 5.73 Å². The van der Waals surface area contributed by atoms with Crippen LogP contribution in [0.25, 0.3) is 16.9 Å². The lowest BCUT2D eigenvalue weighted by Gasteiger charge is -2.23. The Hall–Kier alpha value is -3.79. The number of anilines is 2. The molecule has 5 rings (SSSR count). The minimum atomic E-state index is -0.407. The van der Waals surface area contributed by atoms with E-state index in [9.17, 15) is 4.79 Å². The first-order chi connectivity index (χ1) is 15.6. The lowest BCUT2D eigenvalue weighted by Crippen LogP contribution is -2.31. The number of nitrogens with one attached hydrogen (secondary N) is 2. The number of rotatable bonds is 7. The first-order valence-electron chi connectivity index (χ1n) is 10.8. The summed E-state index contributed by atoms with van der Waals surface area (Å²) < 4.78 is 1.72. The fraction of sp³-hybridized carbons (Fsp3) is 0.318. The minimum absolute atomic E-state index is 0.407. The third-order valence-electron chi connectivity index (χ3n) is 6.09. The quantitative estimate of drug-likeness (QED) is 0.409. The maximum Gasteiger partial charge on any atom is 0.248 e. The third-order valence-corrected chi connectivity index (χ3v) is 6.09. The van der Waals surface area contributed by atoms with Crippen molar-refractivity contribution in [1.29, 1.82) is 0 Å². The van der Waals surface area contributed by atoms with Crippen molar-refractivity contribution in [3.05, 3.63) is 54.2 Å². The second-order valence-electron chi connectivity index (χ2n) is 7.96. The van der Waals surface area contributed by atoms with Crippen LogP contribution in [0.4, 0.5) is 11.5 Å². The summed E-state index contributed by atoms with van der Waals surface area (Å²) in [6, 6.07) is 6.04. The Morgan fingerprint density at radius 2 is 2.22 bits per heavy atom. The van der Waals surface area contributed by atoms with Crippen molar-refractivity contribution in [3.8, 4) is 11.3 Å². The number of likely N-dealkylation sites (N-methyl/N-ethyl adjacent to an activating group) is 1. The van der Waals surface area contributed by atoms with Crippen LogP contribution >= 0.6 is 0 Å². The first-order valence-corrected chi connectivity index (χ1v) is 10.8. The number of amides is 1. The van der Waals surface area contributed by atoms with E-state index >= 15 is 0 Å². The number of aromatic nitrogens is 6. The number of nitrogens with two attached hydrogens (primary N) is 1. The molecule has 0 aliphatic carbocycles. The molecule has 1 fully saturated rings. The fourth-order valence-electron chi connectivity index (χ4n) is 4.51. The van der Waals surface area contributed by atoms with Gasteiger partial charge in [-0.05, 0) is 56.1 Å². The van der Waals surface area contributed by atoms with Gasteiger partial charge in [0.2, 0.25) is 5.91 Å². The summed E-state index contributed by atoms with van der Waals surface area (Å²) in [5.74, 6) is 0.165. The highest BCUT2D eigenvalue weighted by atomic mass is 16.1. The van der Waals surface area contributed by atoms with Crippen LogP contribution in [0.2, 0.25) is 0 Å². The number of carbonyl (C=O) groups is 1. The number of aromatic amines is 1. The molecule has 4 aromatic rings. The van der Waals surface area contributed by atoms with Gasteiger partial charge in [0, 0.05) is 29.1 Å². The lowest BCUT2D eigenvalue weighted by atomic mass is 9.97. The third kappa shape index (κ3) is 3.69. The van der Waals surface area contributed by atoms with Crippen LogP contribution in [0, 0.1) is 0 Å². The van der Waals surface area contributed by atoms with E-state index in [0.29, 0.717) is 23.1 Å². The Kier molecular flexibility index (Phi) is 5.28. The lowest BCUT2D eigenvalue weighted by molar-refractivity contribution is 0.0999. The monoisotopic (exact) mass is 431 g/mol. The van der Waals surface area contributed by atoms with Gasteiger partial charge >= 0.3 is 0 Å². The highest BCUT2D eigenvalue weighted by molar-refractivity contribution is 5.95. The molecule has 1 saturated heterocycles. The molecule has 32 heavy (non-hydrogen) atoms. The van der Waals surface area contributed by atoms with Crippen LogP contribution in [0.3, 0.4) is 0 Å². The SMILES string of the molecule is CCN1CCC[C@H]1Cc1cc(Nc2ncc(-c3cn[nH]c3)n3ncnc23)ccc1C(N)=O. The number of likely N-dealkylation sites (tertiary alicyclic amines) is 1. The van der Waals surface area contributed by atoms with Gasteiger partial charge in [-0.2, -0.15) is 10.2 Å². The average Bonchev–Trinajstić information content (AvgIpc) is 3.55. The van der Waals surface area contributed by atoms with Crippen molar-refractivity contribution in [2.45, 2.75) is 32.2 Å². The molecular formula is C22H25N9O. The highest BCUT2D eigenvalue weighted by Crippen LogP contribution is 2.27. The fourth-order valence-corrected chi connectivity index (χ4v) is 4.51. The Labute approximate surface area is 184 Å². The van der Waals surface area contributed by atoms with Gasteiger partial charge < -0.3 is 16.0 Å². The number of primary amides is 1. The molecule has 10 heteroatoms. The molecule has 0 unspecified atom stereocenters. The van der Waals surface area contributed by atoms with Crippen molar-refractivity contribution in [1.82, 2.24) is 34.7 Å². The van der Waals surface area contributed by atoms with Crippen molar-refractivity contribution >= 4 is 23.1 Å². The smallest absolute Gasteiger partial charge is 0.248 e. The number of hydrogen-bond donors (Lipinski definition) is 3. The topological polar surface area (TPSA) is 130 Å². The van der Waals surface area contributed by atoms with Gasteiger partial charge in [0.15, 0.2) is 11.5 Å². The molecule has 1 aliphatic rings. The van der Waals surface area contributed by atoms with Crippen LogP contribution in [-0.4, -0.2) is 59.7 Å². The largest absolute Gasteiger partial charge is 0.366 e. The normalized spacial score (nSPS) is 16.6. The van der Waals surface area contributed by atoms with Crippen LogP contribution < -0.4 is 11.1 Å². The Morgan fingerprint density at radius 1 is 1.31 bits per heavy atom. The van der Waals surface area contributed by atoms with Gasteiger partial charge in [-0.25, -0.2) is 14.5 Å². The van der Waals surface area contributed by atoms with Gasteiger partial charge in [-0.3, -0.25) is 9.89 Å². The van der Waals surface area contributed by atoms with Crippen LogP contribution in [-0.2, 0) is 6.42 Å². The number of hydrogen-bond acceptors (Lipinski definition) is 7. The van der Waals surface area contributed by atoms with Crippen LogP contribution in [0.15, 0.2) is 43.1 Å². The highest BCUT2D eigenvalue weighted by Gasteiger charge is 2.25. The first kappa shape index (κ1) is 20.1. The Bertz CT molecular complexity index is 1250. The zero-order valence-corrected chi connectivity index (χ0v) is 17.8. The van der Waals surface area contributed by atoms with E-state index in [1.54, 1.807) is 29.2 Å². The summed E-state index contributed by atoms with van der Waals surface area (Å²) in [6.45, 7) is 4.28. The molecule has 1 aromatic carbocycles. The predicted octanol–water partition coefficient (Wildman–Crippen LogP) is 2.38. The number of fused-ring (bicyclic) bond motifs is 1. The molecule has 1 aliphatic heterocycles. The van der Waals surface area contributed by atoms with Crippen LogP contribution in [0.1, 0.15) is 35.7 Å². The molecule has 1 atom stereocenters. The number of H-pyrrole nitrogens is 1. The number of carbonyl (C=O) groups excluding carboxylic acids is 1. The zero-order valence-electron chi connectivity index (χ0n) is 17.8. The van der Waals surface area contributed by atoms with Gasteiger partial charge in [0.05, 0.1) is 18.1 Å². The summed E-state index contributed by atoms with van der Waals surface area (Å²) in [6.07, 6.45) is 9.81. The molecule has 4 N–H and O–H groups in total. The second-order valence-corrected chi connectivity index (χ2v) is 7.96. The molecular weight excluding hydrogens is 406 g/mol. The van der Waals surface area contributed by atoms with Crippen LogP contribution in [0.5, 0.6) is 0 Å². The maximum atomic E-state index is 12.1. The second kappa shape index (κ2) is 8.39. The summed E-state index contributed by atoms with van der Waals surface area (Å²) in [5, 5.41) is 14.5. The van der Waals surface area contributed by atoms with Crippen molar-refractivity contribution in [2.75, 3.05) is 18.4 Å². The molecule has 3 aromatic heterocycles. The Morgan fingerprint density at radius 3 is 3.00 bits per heavy atom. The standard InChI is InChI=1S/C22H25N9O/c1-2-30-7-3-4-17(30)9-14-8-16(5-6-18(14)20(23)32)29-21-22-25-13-28-31(22)19(12-24-21)15-10-26-27-11-15/h5-6,8,10-13,17H,2-4,7,9H2,1H3,(H2,23,32)(H,24,29)(H,26,27)/t17-/m0/s1. The molecule has 10 nitrogen and oxygen atoms in total. The van der Waals surface area contributed by atoms with E-state index in [1.165, 1.54) is 12.7 Å². The minimum Gasteiger partial charge on any atom is -0.366 e. The molecule has 4 heterocycles. The van der Waals surface area contributed by atoms with E-state index < -0.39 is 5.91 Å². The summed E-state index contributed by atoms with van der Waals surface area (Å²) in [4.78, 5) is 23.5. The van der Waals surface area contributed by atoms with Gasteiger partial charge in [0.25, 0.3) is 0 Å². The van der Waals surface area contributed by atoms with Gasteiger partial charge in [-0.1, -0.05) is 6.92 Å². The maximum absolute atomic E-state index is 12.1.